The molecule has 0 aliphatic rings. The Balaban J connectivity index is 2.03. The molecular formula is C25H31F2O4PS. The van der Waals surface area contributed by atoms with Gasteiger partial charge in [-0.3, -0.25) is 4.57 Å². The minimum atomic E-state index is -3.78. The fourth-order valence-electron chi connectivity index (χ4n) is 3.22. The Labute approximate surface area is 198 Å². The van der Waals surface area contributed by atoms with Crippen LogP contribution in [0, 0.1) is 30.4 Å². The zero-order chi connectivity index (χ0) is 24.2. The van der Waals surface area contributed by atoms with E-state index < -0.39 is 25.1 Å². The first-order valence-electron chi connectivity index (χ1n) is 11.0. The van der Waals surface area contributed by atoms with Gasteiger partial charge in [0.2, 0.25) is 0 Å². The fourth-order valence-corrected chi connectivity index (χ4v) is 7.01. The van der Waals surface area contributed by atoms with Crippen LogP contribution >= 0.6 is 18.9 Å². The van der Waals surface area contributed by atoms with Crippen molar-refractivity contribution in [1.29, 1.82) is 0 Å². The molecule has 0 spiro atoms. The van der Waals surface area contributed by atoms with Crippen LogP contribution in [0.25, 0.3) is 10.1 Å². The van der Waals surface area contributed by atoms with Crippen LogP contribution in [-0.2, 0) is 25.0 Å². The Morgan fingerprint density at radius 2 is 1.58 bits per heavy atom. The van der Waals surface area contributed by atoms with Gasteiger partial charge in [-0.15, -0.1) is 11.3 Å². The van der Waals surface area contributed by atoms with Crippen molar-refractivity contribution in [1.82, 2.24) is 0 Å². The van der Waals surface area contributed by atoms with Crippen LogP contribution in [0.4, 0.5) is 8.78 Å². The molecule has 33 heavy (non-hydrogen) atoms. The maximum Gasteiger partial charge on any atom is 0.364 e. The summed E-state index contributed by atoms with van der Waals surface area (Å²) in [7, 11) is -3.78. The highest BCUT2D eigenvalue weighted by Crippen LogP contribution is 2.64. The van der Waals surface area contributed by atoms with Crippen molar-refractivity contribution >= 4 is 29.0 Å². The molecule has 4 nitrogen and oxygen atoms in total. The van der Waals surface area contributed by atoms with Crippen LogP contribution in [0.15, 0.2) is 42.5 Å². The van der Waals surface area contributed by atoms with Crippen LogP contribution in [-0.4, -0.2) is 13.2 Å². The normalized spacial score (nSPS) is 13.4. The first kappa shape index (κ1) is 26.0. The molecule has 0 saturated heterocycles. The van der Waals surface area contributed by atoms with E-state index in [2.05, 4.69) is 0 Å². The summed E-state index contributed by atoms with van der Waals surface area (Å²) in [6.07, 6.45) is 0. The van der Waals surface area contributed by atoms with E-state index in [1.807, 2.05) is 58.9 Å². The van der Waals surface area contributed by atoms with Gasteiger partial charge >= 0.3 is 7.60 Å². The molecule has 1 heterocycles. The summed E-state index contributed by atoms with van der Waals surface area (Å²) < 4.78 is 60.4. The molecule has 0 aliphatic heterocycles. The van der Waals surface area contributed by atoms with Crippen LogP contribution in [0.2, 0.25) is 0 Å². The maximum atomic E-state index is 14.2. The summed E-state index contributed by atoms with van der Waals surface area (Å²) >= 11 is 1.48. The Hall–Kier alpha value is -1.63. The number of fused-ring (bicyclic) bond motifs is 1. The molecule has 0 saturated carbocycles. The topological polar surface area (TPSA) is 44.8 Å². The van der Waals surface area contributed by atoms with E-state index in [4.69, 9.17) is 13.8 Å². The monoisotopic (exact) mass is 496 g/mol. The van der Waals surface area contributed by atoms with Crippen molar-refractivity contribution in [2.24, 2.45) is 11.8 Å². The van der Waals surface area contributed by atoms with E-state index in [0.717, 1.165) is 32.7 Å². The van der Waals surface area contributed by atoms with E-state index in [-0.39, 0.29) is 31.7 Å². The Kier molecular flexibility index (Phi) is 8.82. The highest BCUT2D eigenvalue weighted by molar-refractivity contribution is 7.54. The van der Waals surface area contributed by atoms with Crippen molar-refractivity contribution in [3.05, 3.63) is 70.1 Å². The molecule has 0 amide bonds. The number of hydrogen-bond acceptors (Lipinski definition) is 5. The van der Waals surface area contributed by atoms with Gasteiger partial charge in [0.25, 0.3) is 0 Å². The van der Waals surface area contributed by atoms with Crippen molar-refractivity contribution in [2.45, 2.75) is 47.1 Å². The number of ether oxygens (including phenoxy) is 1. The quantitative estimate of drug-likeness (QED) is 0.251. The predicted molar refractivity (Wildman–Crippen MR) is 130 cm³/mol. The van der Waals surface area contributed by atoms with E-state index in [1.165, 1.54) is 17.4 Å². The van der Waals surface area contributed by atoms with Gasteiger partial charge in [-0.1, -0.05) is 52.0 Å². The highest BCUT2D eigenvalue weighted by atomic mass is 32.1. The first-order valence-corrected chi connectivity index (χ1v) is 13.5. The largest absolute Gasteiger partial charge is 0.364 e. The highest BCUT2D eigenvalue weighted by Gasteiger charge is 2.41. The molecule has 0 fully saturated rings. The van der Waals surface area contributed by atoms with Gasteiger partial charge < -0.3 is 13.8 Å². The first-order chi connectivity index (χ1) is 15.6. The van der Waals surface area contributed by atoms with Crippen LogP contribution < -0.4 is 0 Å². The zero-order valence-electron chi connectivity index (χ0n) is 19.6. The molecule has 3 rings (SSSR count). The number of thiophene rings is 1. The third kappa shape index (κ3) is 6.49. The smallest absolute Gasteiger partial charge is 0.355 e. The van der Waals surface area contributed by atoms with Gasteiger partial charge in [-0.25, -0.2) is 8.78 Å². The second kappa shape index (κ2) is 11.2. The minimum absolute atomic E-state index is 0.0738. The van der Waals surface area contributed by atoms with E-state index in [0.29, 0.717) is 5.56 Å². The molecule has 8 heteroatoms. The molecule has 0 N–H and O–H groups in total. The van der Waals surface area contributed by atoms with E-state index in [9.17, 15) is 13.3 Å². The van der Waals surface area contributed by atoms with Crippen LogP contribution in [0.1, 0.15) is 49.5 Å². The lowest BCUT2D eigenvalue weighted by Gasteiger charge is -2.28. The molecule has 1 atom stereocenters. The Morgan fingerprint density at radius 3 is 2.15 bits per heavy atom. The average Bonchev–Trinajstić information content (AvgIpc) is 3.10. The van der Waals surface area contributed by atoms with Gasteiger partial charge in [-0.05, 0) is 53.5 Å². The molecule has 180 valence electrons. The maximum absolute atomic E-state index is 14.2. The van der Waals surface area contributed by atoms with Crippen molar-refractivity contribution in [3.8, 4) is 0 Å². The van der Waals surface area contributed by atoms with Crippen molar-refractivity contribution < 1.29 is 27.1 Å². The van der Waals surface area contributed by atoms with Gasteiger partial charge in [0.05, 0.1) is 19.8 Å². The lowest BCUT2D eigenvalue weighted by molar-refractivity contribution is 0.0535. The van der Waals surface area contributed by atoms with Crippen molar-refractivity contribution in [2.75, 3.05) is 13.2 Å². The standard InChI is InChI=1S/C25H31F2O4PS/c1-16(2)13-30-32(28,31-14-17(3)4)25(29-15-19-10-11-21(26)22(27)12-19)24-18(5)20-8-6-7-9-23(20)33-24/h6-12,16-17,25H,13-15H2,1-5H3. The Morgan fingerprint density at radius 1 is 0.939 bits per heavy atom. The molecule has 3 aromatic rings. The lowest BCUT2D eigenvalue weighted by Crippen LogP contribution is -2.14. The number of benzene rings is 2. The summed E-state index contributed by atoms with van der Waals surface area (Å²) in [5.74, 6) is -2.61. The second-order valence-electron chi connectivity index (χ2n) is 8.92. The summed E-state index contributed by atoms with van der Waals surface area (Å²) in [5.41, 5.74) is 1.37. The SMILES string of the molecule is Cc1c(C(OCc2ccc(F)c(F)c2)P(=O)(OCC(C)C)OCC(C)C)sc2ccccc12. The lowest BCUT2D eigenvalue weighted by atomic mass is 10.1. The Bertz CT molecular complexity index is 1110. The number of rotatable bonds is 11. The van der Waals surface area contributed by atoms with Crippen molar-refractivity contribution in [3.63, 3.8) is 0 Å². The summed E-state index contributed by atoms with van der Waals surface area (Å²) in [6.45, 7) is 10.2. The third-order valence-corrected chi connectivity index (χ3v) is 8.45. The second-order valence-corrected chi connectivity index (χ2v) is 12.1. The summed E-state index contributed by atoms with van der Waals surface area (Å²) in [4.78, 5) is 0.745. The van der Waals surface area contributed by atoms with E-state index in [1.54, 1.807) is 0 Å². The molecule has 1 unspecified atom stereocenters. The van der Waals surface area contributed by atoms with Gasteiger partial charge in [0.15, 0.2) is 17.5 Å². The number of aryl methyl sites for hydroxylation is 1. The van der Waals surface area contributed by atoms with E-state index >= 15 is 0 Å². The van der Waals surface area contributed by atoms with Gasteiger partial charge in [0.1, 0.15) is 0 Å². The number of halogens is 2. The summed E-state index contributed by atoms with van der Waals surface area (Å²) in [6, 6.07) is 11.5. The average molecular weight is 497 g/mol. The van der Waals surface area contributed by atoms with Gasteiger partial charge in [0, 0.05) is 9.58 Å². The summed E-state index contributed by atoms with van der Waals surface area (Å²) in [5, 5.41) is 1.04. The zero-order valence-corrected chi connectivity index (χ0v) is 21.4. The number of hydrogen-bond donors (Lipinski definition) is 0. The van der Waals surface area contributed by atoms with Crippen LogP contribution in [0.5, 0.6) is 0 Å². The molecule has 1 aromatic heterocycles. The molecular weight excluding hydrogens is 465 g/mol. The molecule has 0 aliphatic carbocycles. The minimum Gasteiger partial charge on any atom is -0.355 e. The molecule has 0 bridgehead atoms. The molecule has 2 aromatic carbocycles. The fraction of sp³-hybridized carbons (Fsp3) is 0.440. The molecule has 0 radical (unpaired) electrons. The predicted octanol–water partition coefficient (Wildman–Crippen LogP) is 8.24. The van der Waals surface area contributed by atoms with Crippen LogP contribution in [0.3, 0.4) is 0 Å². The third-order valence-electron chi connectivity index (χ3n) is 4.96. The van der Waals surface area contributed by atoms with Gasteiger partial charge in [-0.2, -0.15) is 0 Å².